The average molecular weight is 468 g/mol. The van der Waals surface area contributed by atoms with Crippen LogP contribution in [0.15, 0.2) is 65.7 Å². The fourth-order valence-corrected chi connectivity index (χ4v) is 3.87. The molecule has 4 aromatic rings. The highest BCUT2D eigenvalue weighted by molar-refractivity contribution is 7.92. The zero-order chi connectivity index (χ0) is 23.4. The van der Waals surface area contributed by atoms with E-state index in [1.807, 2.05) is 0 Å². The van der Waals surface area contributed by atoms with Gasteiger partial charge in [0.1, 0.15) is 29.4 Å². The molecule has 0 fully saturated rings. The molecule has 10 nitrogen and oxygen atoms in total. The van der Waals surface area contributed by atoms with Crippen molar-refractivity contribution in [3.05, 3.63) is 72.1 Å². The van der Waals surface area contributed by atoms with E-state index in [0.717, 1.165) is 0 Å². The number of ether oxygens (including phenoxy) is 1. The molecule has 0 unspecified atom stereocenters. The number of carbonyl (C=O) groups excluding carboxylic acids is 1. The molecule has 0 aliphatic rings. The lowest BCUT2D eigenvalue weighted by atomic mass is 10.2. The van der Waals surface area contributed by atoms with Crippen LogP contribution in [0.3, 0.4) is 0 Å². The number of hydrogen-bond acceptors (Lipinski definition) is 8. The van der Waals surface area contributed by atoms with Gasteiger partial charge in [-0.2, -0.15) is 0 Å². The molecule has 2 aromatic carbocycles. The normalized spacial score (nSPS) is 11.2. The van der Waals surface area contributed by atoms with Crippen molar-refractivity contribution in [1.82, 2.24) is 25.5 Å². The zero-order valence-corrected chi connectivity index (χ0v) is 18.0. The largest absolute Gasteiger partial charge is 0.457 e. The number of aromatic nitrogens is 4. The fraction of sp³-hybridized carbons (Fsp3) is 0.0952. The molecule has 2 N–H and O–H groups in total. The van der Waals surface area contributed by atoms with Gasteiger partial charge in [-0.15, -0.1) is 10.2 Å². The van der Waals surface area contributed by atoms with Crippen LogP contribution in [0.25, 0.3) is 11.0 Å². The Kier molecular flexibility index (Phi) is 6.09. The van der Waals surface area contributed by atoms with E-state index < -0.39 is 16.7 Å². The van der Waals surface area contributed by atoms with Crippen molar-refractivity contribution in [2.45, 2.75) is 11.6 Å². The molecule has 2 heterocycles. The molecule has 2 aromatic heterocycles. The lowest BCUT2D eigenvalue weighted by Gasteiger charge is -2.09. The second kappa shape index (κ2) is 9.12. The van der Waals surface area contributed by atoms with Crippen LogP contribution in [0.5, 0.6) is 11.5 Å². The quantitative estimate of drug-likeness (QED) is 0.423. The van der Waals surface area contributed by atoms with E-state index in [4.69, 9.17) is 4.74 Å². The number of amides is 1. The van der Waals surface area contributed by atoms with E-state index in [9.17, 15) is 17.6 Å². The summed E-state index contributed by atoms with van der Waals surface area (Å²) in [6.07, 6.45) is 1.44. The van der Waals surface area contributed by atoms with Gasteiger partial charge in [-0.05, 0) is 35.9 Å². The minimum Gasteiger partial charge on any atom is -0.457 e. The van der Waals surface area contributed by atoms with Crippen LogP contribution in [0.4, 0.5) is 10.3 Å². The maximum Gasteiger partial charge on any atom is 0.269 e. The summed E-state index contributed by atoms with van der Waals surface area (Å²) >= 11 is 0. The molecule has 0 bridgehead atoms. The summed E-state index contributed by atoms with van der Waals surface area (Å²) in [6.45, 7) is -0.789. The Balaban J connectivity index is 1.59. The van der Waals surface area contributed by atoms with Gasteiger partial charge in [-0.25, -0.2) is 22.5 Å². The summed E-state index contributed by atoms with van der Waals surface area (Å²) in [4.78, 5) is 19.8. The van der Waals surface area contributed by atoms with Gasteiger partial charge in [0.05, 0.1) is 10.4 Å². The summed E-state index contributed by atoms with van der Waals surface area (Å²) < 4.78 is 46.1. The number of sulfonamides is 1. The number of nitrogens with one attached hydrogen (secondary N) is 2. The highest BCUT2D eigenvalue weighted by Gasteiger charge is 2.17. The van der Waals surface area contributed by atoms with Gasteiger partial charge in [0.2, 0.25) is 0 Å². The number of anilines is 1. The Morgan fingerprint density at radius 2 is 1.85 bits per heavy atom. The molecular formula is C21H17FN6O4S. The first-order valence-corrected chi connectivity index (χ1v) is 11.0. The fourth-order valence-electron chi connectivity index (χ4n) is 2.86. The zero-order valence-electron chi connectivity index (χ0n) is 17.2. The Bertz CT molecular complexity index is 1450. The number of pyridine rings is 1. The van der Waals surface area contributed by atoms with Gasteiger partial charge < -0.3 is 10.1 Å². The molecule has 0 radical (unpaired) electrons. The van der Waals surface area contributed by atoms with Crippen LogP contribution in [0, 0.1) is 0 Å². The molecule has 0 saturated heterocycles. The van der Waals surface area contributed by atoms with Crippen LogP contribution in [0.2, 0.25) is 0 Å². The summed E-state index contributed by atoms with van der Waals surface area (Å²) in [7, 11) is -2.55. The first-order chi connectivity index (χ1) is 15.9. The summed E-state index contributed by atoms with van der Waals surface area (Å²) in [5, 5.41) is 10.2. The number of benzene rings is 2. The van der Waals surface area contributed by atoms with Crippen molar-refractivity contribution in [1.29, 1.82) is 0 Å². The van der Waals surface area contributed by atoms with Crippen molar-refractivity contribution >= 4 is 32.9 Å². The van der Waals surface area contributed by atoms with Crippen molar-refractivity contribution in [2.24, 2.45) is 0 Å². The highest BCUT2D eigenvalue weighted by atomic mass is 32.2. The van der Waals surface area contributed by atoms with Gasteiger partial charge in [0.15, 0.2) is 0 Å². The topological polar surface area (TPSA) is 136 Å². The smallest absolute Gasteiger partial charge is 0.269 e. The van der Waals surface area contributed by atoms with Gasteiger partial charge in [-0.3, -0.25) is 9.78 Å². The van der Waals surface area contributed by atoms with Crippen LogP contribution < -0.4 is 14.8 Å². The molecule has 33 heavy (non-hydrogen) atoms. The third-order valence-corrected chi connectivity index (χ3v) is 5.77. The van der Waals surface area contributed by atoms with E-state index in [1.165, 1.54) is 43.6 Å². The van der Waals surface area contributed by atoms with Crippen LogP contribution in [-0.4, -0.2) is 41.5 Å². The van der Waals surface area contributed by atoms with Crippen LogP contribution in [-0.2, 0) is 16.7 Å². The van der Waals surface area contributed by atoms with E-state index in [2.05, 4.69) is 30.2 Å². The van der Waals surface area contributed by atoms with Gasteiger partial charge >= 0.3 is 0 Å². The van der Waals surface area contributed by atoms with Gasteiger partial charge in [0.25, 0.3) is 21.9 Å². The number of carbonyl (C=O) groups is 1. The van der Waals surface area contributed by atoms with Crippen LogP contribution in [0.1, 0.15) is 16.1 Å². The Morgan fingerprint density at radius 3 is 2.64 bits per heavy atom. The first kappa shape index (κ1) is 22.0. The SMILES string of the molecule is CNC(=O)c1cc(Oc2ccc3nnc(NS(=O)(=O)c4cccc(CF)c4)nc3c2)ccn1. The number of alkyl halides is 1. The number of fused-ring (bicyclic) bond motifs is 1. The van der Waals surface area contributed by atoms with Crippen molar-refractivity contribution in [2.75, 3.05) is 11.8 Å². The average Bonchev–Trinajstić information content (AvgIpc) is 2.83. The number of halogens is 1. The minimum atomic E-state index is -4.05. The predicted molar refractivity (Wildman–Crippen MR) is 117 cm³/mol. The minimum absolute atomic E-state index is 0.122. The molecule has 0 atom stereocenters. The summed E-state index contributed by atoms with van der Waals surface area (Å²) in [5.74, 6) is 0.140. The van der Waals surface area contributed by atoms with E-state index in [-0.39, 0.29) is 28.0 Å². The second-order valence-corrected chi connectivity index (χ2v) is 8.41. The first-order valence-electron chi connectivity index (χ1n) is 9.56. The predicted octanol–water partition coefficient (Wildman–Crippen LogP) is 2.84. The molecule has 1 amide bonds. The number of rotatable bonds is 7. The maximum atomic E-state index is 12.9. The Morgan fingerprint density at radius 1 is 1.03 bits per heavy atom. The van der Waals surface area contributed by atoms with Crippen molar-refractivity contribution in [3.63, 3.8) is 0 Å². The number of nitrogens with zero attached hydrogens (tertiary/aromatic N) is 4. The third kappa shape index (κ3) is 5.01. The molecule has 168 valence electrons. The molecule has 0 saturated carbocycles. The summed E-state index contributed by atoms with van der Waals surface area (Å²) in [6, 6.07) is 13.3. The Labute approximate surface area is 187 Å². The van der Waals surface area contributed by atoms with E-state index >= 15 is 0 Å². The second-order valence-electron chi connectivity index (χ2n) is 6.73. The standard InChI is InChI=1S/C21H17FN6O4S/c1-23-20(29)19-11-15(7-8-24-19)32-14-5-6-17-18(10-14)25-21(27-26-17)28-33(30,31)16-4-2-3-13(9-16)12-22/h2-11H,12H2,1H3,(H,23,29)(H,25,27,28). The molecular weight excluding hydrogens is 451 g/mol. The molecule has 12 heteroatoms. The maximum absolute atomic E-state index is 12.9. The highest BCUT2D eigenvalue weighted by Crippen LogP contribution is 2.25. The molecule has 0 aliphatic carbocycles. The molecule has 0 spiro atoms. The van der Waals surface area contributed by atoms with E-state index in [0.29, 0.717) is 22.5 Å². The lowest BCUT2D eigenvalue weighted by molar-refractivity contribution is 0.0958. The van der Waals surface area contributed by atoms with Crippen LogP contribution >= 0.6 is 0 Å². The number of hydrogen-bond donors (Lipinski definition) is 2. The lowest BCUT2D eigenvalue weighted by Crippen LogP contribution is -2.18. The van der Waals surface area contributed by atoms with Gasteiger partial charge in [-0.1, -0.05) is 12.1 Å². The third-order valence-electron chi connectivity index (χ3n) is 4.44. The summed E-state index contributed by atoms with van der Waals surface area (Å²) in [5.41, 5.74) is 1.14. The molecule has 0 aliphatic heterocycles. The Hall–Kier alpha value is -4.19. The van der Waals surface area contributed by atoms with Crippen molar-refractivity contribution < 1.29 is 22.3 Å². The molecule has 4 rings (SSSR count). The van der Waals surface area contributed by atoms with Crippen molar-refractivity contribution in [3.8, 4) is 11.5 Å². The van der Waals surface area contributed by atoms with Gasteiger partial charge in [0, 0.05) is 25.4 Å². The monoisotopic (exact) mass is 468 g/mol. The van der Waals surface area contributed by atoms with E-state index in [1.54, 1.807) is 24.3 Å².